The van der Waals surface area contributed by atoms with Crippen LogP contribution < -0.4 is 10.6 Å². The van der Waals surface area contributed by atoms with Crippen molar-refractivity contribution >= 4 is 17.3 Å². The minimum Gasteiger partial charge on any atom is -0.375 e. The Morgan fingerprint density at radius 3 is 2.31 bits per heavy atom. The Kier molecular flexibility index (Phi) is 4.63. The van der Waals surface area contributed by atoms with Gasteiger partial charge < -0.3 is 10.6 Å². The molecule has 90 valence electrons. The van der Waals surface area contributed by atoms with Crippen molar-refractivity contribution in [3.8, 4) is 0 Å². The molecule has 0 radical (unpaired) electrons. The Hall–Kier alpha value is -0.730. The van der Waals surface area contributed by atoms with Gasteiger partial charge in [-0.25, -0.2) is 0 Å². The molecule has 0 saturated heterocycles. The number of nitrogens with zero attached hydrogens (tertiary/aromatic N) is 1. The highest BCUT2D eigenvalue weighted by Gasteiger charge is 2.10. The van der Waals surface area contributed by atoms with E-state index < -0.39 is 0 Å². The summed E-state index contributed by atoms with van der Waals surface area (Å²) in [6, 6.07) is 7.91. The molecule has 0 heterocycles. The fraction of sp³-hybridized carbons (Fsp3) is 0.538. The van der Waals surface area contributed by atoms with Gasteiger partial charge in [-0.1, -0.05) is 11.6 Å². The Labute approximate surface area is 103 Å². The average molecular weight is 241 g/mol. The van der Waals surface area contributed by atoms with Crippen LogP contribution in [-0.2, 0) is 0 Å². The second kappa shape index (κ2) is 5.55. The van der Waals surface area contributed by atoms with Crippen molar-refractivity contribution < 1.29 is 0 Å². The first kappa shape index (κ1) is 13.3. The number of hydrogen-bond acceptors (Lipinski definition) is 2. The van der Waals surface area contributed by atoms with Gasteiger partial charge in [0.1, 0.15) is 0 Å². The van der Waals surface area contributed by atoms with E-state index >= 15 is 0 Å². The highest BCUT2D eigenvalue weighted by Crippen LogP contribution is 2.17. The van der Waals surface area contributed by atoms with Crippen LogP contribution in [-0.4, -0.2) is 19.1 Å². The molecule has 2 nitrogen and oxygen atoms in total. The predicted octanol–water partition coefficient (Wildman–Crippen LogP) is 3.29. The fourth-order valence-electron chi connectivity index (χ4n) is 1.60. The van der Waals surface area contributed by atoms with E-state index in [-0.39, 0.29) is 5.54 Å². The minimum atomic E-state index is -0.0686. The third-order valence-corrected chi connectivity index (χ3v) is 2.83. The van der Waals surface area contributed by atoms with Gasteiger partial charge in [-0.15, -0.1) is 0 Å². The van der Waals surface area contributed by atoms with Gasteiger partial charge in [0.2, 0.25) is 0 Å². The van der Waals surface area contributed by atoms with Crippen molar-refractivity contribution in [3.05, 3.63) is 29.3 Å². The molecule has 0 aromatic heterocycles. The Bertz CT molecular complexity index is 314. The van der Waals surface area contributed by atoms with E-state index in [1.165, 1.54) is 5.69 Å². The number of halogens is 1. The van der Waals surface area contributed by atoms with Gasteiger partial charge in [0.25, 0.3) is 0 Å². The molecule has 3 heteroatoms. The van der Waals surface area contributed by atoms with Gasteiger partial charge in [0.05, 0.1) is 0 Å². The molecule has 0 unspecified atom stereocenters. The molecule has 1 aromatic rings. The first-order chi connectivity index (χ1) is 7.38. The quantitative estimate of drug-likeness (QED) is 0.856. The third kappa shape index (κ3) is 4.86. The maximum atomic E-state index is 5.94. The van der Waals surface area contributed by atoms with E-state index in [4.69, 9.17) is 17.3 Å². The van der Waals surface area contributed by atoms with E-state index in [9.17, 15) is 0 Å². The molecule has 1 rings (SSSR count). The van der Waals surface area contributed by atoms with Gasteiger partial charge in [0.15, 0.2) is 0 Å². The summed E-state index contributed by atoms with van der Waals surface area (Å²) in [5.74, 6) is 0. The second-order valence-electron chi connectivity index (χ2n) is 4.99. The molecule has 0 fully saturated rings. The fourth-order valence-corrected chi connectivity index (χ4v) is 1.72. The number of nitrogens with two attached hydrogens (primary N) is 1. The lowest BCUT2D eigenvalue weighted by Crippen LogP contribution is -2.33. The van der Waals surface area contributed by atoms with Gasteiger partial charge in [-0.2, -0.15) is 0 Å². The van der Waals surface area contributed by atoms with E-state index in [1.54, 1.807) is 0 Å². The van der Waals surface area contributed by atoms with Crippen LogP contribution >= 0.6 is 11.6 Å². The van der Waals surface area contributed by atoms with E-state index in [0.717, 1.165) is 24.4 Å². The standard InChI is InChI=1S/C13H21ClN2/c1-13(2,15)9-4-10-16(3)12-7-5-11(14)6-8-12/h5-8H,4,9-10,15H2,1-3H3. The van der Waals surface area contributed by atoms with Crippen molar-refractivity contribution in [2.24, 2.45) is 5.73 Å². The predicted molar refractivity (Wildman–Crippen MR) is 72.2 cm³/mol. The van der Waals surface area contributed by atoms with Crippen LogP contribution in [0.3, 0.4) is 0 Å². The molecule has 0 spiro atoms. The Morgan fingerprint density at radius 1 is 1.25 bits per heavy atom. The van der Waals surface area contributed by atoms with Crippen LogP contribution in [0.15, 0.2) is 24.3 Å². The molecule has 0 bridgehead atoms. The lowest BCUT2D eigenvalue weighted by Gasteiger charge is -2.23. The lowest BCUT2D eigenvalue weighted by molar-refractivity contribution is 0.460. The SMILES string of the molecule is CN(CCCC(C)(C)N)c1ccc(Cl)cc1. The summed E-state index contributed by atoms with van der Waals surface area (Å²) < 4.78 is 0. The van der Waals surface area contributed by atoms with Gasteiger partial charge in [-0.05, 0) is 51.0 Å². The summed E-state index contributed by atoms with van der Waals surface area (Å²) in [5.41, 5.74) is 7.07. The Morgan fingerprint density at radius 2 is 1.81 bits per heavy atom. The topological polar surface area (TPSA) is 29.3 Å². The molecule has 0 aliphatic rings. The first-order valence-electron chi connectivity index (χ1n) is 5.64. The maximum absolute atomic E-state index is 5.94. The summed E-state index contributed by atoms with van der Waals surface area (Å²) >= 11 is 5.85. The van der Waals surface area contributed by atoms with Crippen LogP contribution in [0, 0.1) is 0 Å². The van der Waals surface area contributed by atoms with E-state index in [2.05, 4.69) is 25.8 Å². The van der Waals surface area contributed by atoms with Crippen LogP contribution in [0.2, 0.25) is 5.02 Å². The van der Waals surface area contributed by atoms with Crippen molar-refractivity contribution in [2.45, 2.75) is 32.2 Å². The molecule has 0 aliphatic carbocycles. The van der Waals surface area contributed by atoms with Crippen LogP contribution in [0.1, 0.15) is 26.7 Å². The molecule has 0 atom stereocenters. The van der Waals surface area contributed by atoms with Gasteiger partial charge >= 0.3 is 0 Å². The number of anilines is 1. The average Bonchev–Trinajstić information content (AvgIpc) is 2.16. The summed E-state index contributed by atoms with van der Waals surface area (Å²) in [7, 11) is 2.09. The van der Waals surface area contributed by atoms with Crippen molar-refractivity contribution in [1.29, 1.82) is 0 Å². The summed E-state index contributed by atoms with van der Waals surface area (Å²) in [5, 5.41) is 0.778. The number of benzene rings is 1. The first-order valence-corrected chi connectivity index (χ1v) is 6.02. The zero-order chi connectivity index (χ0) is 12.2. The summed E-state index contributed by atoms with van der Waals surface area (Å²) in [6.45, 7) is 5.15. The van der Waals surface area contributed by atoms with Gasteiger partial charge in [0, 0.05) is 29.8 Å². The van der Waals surface area contributed by atoms with E-state index in [1.807, 2.05) is 24.3 Å². The second-order valence-corrected chi connectivity index (χ2v) is 5.43. The molecule has 0 amide bonds. The van der Waals surface area contributed by atoms with E-state index in [0.29, 0.717) is 0 Å². The smallest absolute Gasteiger partial charge is 0.0407 e. The molecule has 1 aromatic carbocycles. The van der Waals surface area contributed by atoms with Crippen LogP contribution in [0.4, 0.5) is 5.69 Å². The number of rotatable bonds is 5. The molecule has 2 N–H and O–H groups in total. The highest BCUT2D eigenvalue weighted by atomic mass is 35.5. The minimum absolute atomic E-state index is 0.0686. The molecular weight excluding hydrogens is 220 g/mol. The summed E-state index contributed by atoms with van der Waals surface area (Å²) in [4.78, 5) is 2.22. The third-order valence-electron chi connectivity index (χ3n) is 2.58. The van der Waals surface area contributed by atoms with Crippen molar-refractivity contribution in [2.75, 3.05) is 18.5 Å². The highest BCUT2D eigenvalue weighted by molar-refractivity contribution is 6.30. The normalized spacial score (nSPS) is 11.6. The zero-order valence-electron chi connectivity index (χ0n) is 10.3. The molecule has 16 heavy (non-hydrogen) atoms. The molecule has 0 aliphatic heterocycles. The number of hydrogen-bond donors (Lipinski definition) is 1. The summed E-state index contributed by atoms with van der Waals surface area (Å²) in [6.07, 6.45) is 2.13. The molecule has 0 saturated carbocycles. The zero-order valence-corrected chi connectivity index (χ0v) is 11.1. The maximum Gasteiger partial charge on any atom is 0.0407 e. The van der Waals surface area contributed by atoms with Crippen LogP contribution in [0.25, 0.3) is 0 Å². The Balaban J connectivity index is 2.41. The molecular formula is C13H21ClN2. The lowest BCUT2D eigenvalue weighted by atomic mass is 10.00. The van der Waals surface area contributed by atoms with Crippen LogP contribution in [0.5, 0.6) is 0 Å². The monoisotopic (exact) mass is 240 g/mol. The van der Waals surface area contributed by atoms with Crippen molar-refractivity contribution in [1.82, 2.24) is 0 Å². The van der Waals surface area contributed by atoms with Crippen molar-refractivity contribution in [3.63, 3.8) is 0 Å². The van der Waals surface area contributed by atoms with Gasteiger partial charge in [-0.3, -0.25) is 0 Å². The largest absolute Gasteiger partial charge is 0.375 e.